The van der Waals surface area contributed by atoms with E-state index >= 15 is 0 Å². The second kappa shape index (κ2) is 6.98. The molecule has 0 spiro atoms. The number of carbonyl (C=O) groups is 1. The Morgan fingerprint density at radius 3 is 2.93 bits per heavy atom. The number of rotatable bonds is 3. The van der Waals surface area contributed by atoms with Crippen LogP contribution in [0.5, 0.6) is 0 Å². The molecule has 0 fully saturated rings. The maximum absolute atomic E-state index is 13.4. The van der Waals surface area contributed by atoms with E-state index in [9.17, 15) is 17.6 Å². The van der Waals surface area contributed by atoms with Crippen LogP contribution < -0.4 is 10.0 Å². The Bertz CT molecular complexity index is 1080. The van der Waals surface area contributed by atoms with Gasteiger partial charge in [0.2, 0.25) is 10.0 Å². The van der Waals surface area contributed by atoms with Crippen molar-refractivity contribution in [2.24, 2.45) is 7.05 Å². The lowest BCUT2D eigenvalue weighted by Crippen LogP contribution is -2.31. The van der Waals surface area contributed by atoms with Gasteiger partial charge in [0.05, 0.1) is 5.56 Å². The van der Waals surface area contributed by atoms with Crippen LogP contribution in [0.3, 0.4) is 0 Å². The van der Waals surface area contributed by atoms with E-state index in [2.05, 4.69) is 16.6 Å². The lowest BCUT2D eigenvalue weighted by molar-refractivity contribution is 0.101. The molecular formula is C18H17FN4O3S. The molecule has 140 valence electrons. The van der Waals surface area contributed by atoms with Gasteiger partial charge in [-0.1, -0.05) is 6.08 Å². The molecule has 0 saturated heterocycles. The van der Waals surface area contributed by atoms with Gasteiger partial charge in [0.1, 0.15) is 22.5 Å². The van der Waals surface area contributed by atoms with Gasteiger partial charge in [0.15, 0.2) is 0 Å². The fraction of sp³-hybridized carbons (Fsp3) is 0.222. The molecule has 2 heterocycles. The highest BCUT2D eigenvalue weighted by atomic mass is 32.2. The van der Waals surface area contributed by atoms with Crippen molar-refractivity contribution in [1.29, 1.82) is 5.26 Å². The Labute approximate surface area is 156 Å². The van der Waals surface area contributed by atoms with E-state index in [0.717, 1.165) is 6.07 Å². The van der Waals surface area contributed by atoms with Gasteiger partial charge in [-0.15, -0.1) is 6.58 Å². The molecule has 1 aliphatic heterocycles. The molecule has 0 saturated carbocycles. The minimum absolute atomic E-state index is 0.0521. The van der Waals surface area contributed by atoms with Crippen LogP contribution in [0.1, 0.15) is 28.0 Å². The summed E-state index contributed by atoms with van der Waals surface area (Å²) < 4.78 is 42.5. The molecule has 0 bridgehead atoms. The number of hydrogen-bond donors (Lipinski definition) is 2. The number of nitrogens with zero attached hydrogens (tertiary/aromatic N) is 2. The highest BCUT2D eigenvalue weighted by molar-refractivity contribution is 7.89. The number of hydrogen-bond acceptors (Lipinski definition) is 4. The Morgan fingerprint density at radius 2 is 2.26 bits per heavy atom. The Hall–Kier alpha value is -2.96. The monoisotopic (exact) mass is 388 g/mol. The molecule has 1 amide bonds. The fourth-order valence-corrected chi connectivity index (χ4v) is 4.64. The molecule has 1 atom stereocenters. The number of amides is 1. The second-order valence-corrected chi connectivity index (χ2v) is 7.88. The first-order chi connectivity index (χ1) is 12.8. The molecular weight excluding hydrogens is 371 g/mol. The van der Waals surface area contributed by atoms with E-state index in [4.69, 9.17) is 5.26 Å². The van der Waals surface area contributed by atoms with Crippen molar-refractivity contribution in [2.45, 2.75) is 23.8 Å². The first-order valence-electron chi connectivity index (χ1n) is 8.11. The zero-order chi connectivity index (χ0) is 19.8. The number of nitriles is 1. The average Bonchev–Trinajstić information content (AvgIpc) is 2.91. The van der Waals surface area contributed by atoms with Crippen LogP contribution in [0.15, 0.2) is 41.9 Å². The Kier molecular flexibility index (Phi) is 4.87. The molecule has 27 heavy (non-hydrogen) atoms. The van der Waals surface area contributed by atoms with Gasteiger partial charge in [-0.2, -0.15) is 5.26 Å². The summed E-state index contributed by atoms with van der Waals surface area (Å²) in [5.74, 6) is -1.22. The van der Waals surface area contributed by atoms with Crippen molar-refractivity contribution in [3.63, 3.8) is 0 Å². The topological polar surface area (TPSA) is 104 Å². The molecule has 2 N–H and O–H groups in total. The third-order valence-electron chi connectivity index (χ3n) is 4.39. The van der Waals surface area contributed by atoms with Crippen LogP contribution in [0.25, 0.3) is 0 Å². The summed E-state index contributed by atoms with van der Waals surface area (Å²) in [5.41, 5.74) is 0.656. The van der Waals surface area contributed by atoms with E-state index in [0.29, 0.717) is 18.4 Å². The number of carbonyl (C=O) groups excluding carboxylic acids is 1. The number of fused-ring (bicyclic) bond motifs is 1. The molecule has 3 rings (SSSR count). The van der Waals surface area contributed by atoms with Gasteiger partial charge in [-0.25, -0.2) is 17.5 Å². The van der Waals surface area contributed by atoms with Crippen molar-refractivity contribution in [2.75, 3.05) is 5.32 Å². The summed E-state index contributed by atoms with van der Waals surface area (Å²) in [6.45, 7) is 3.62. The van der Waals surface area contributed by atoms with Crippen LogP contribution in [-0.2, 0) is 23.5 Å². The normalized spacial score (nSPS) is 18.0. The SMILES string of the molecule is C=CC1CCc2c(cn(C)c2C(=O)Nc2ccc(F)c(C#N)c2)S(=O)(=O)N1. The third kappa shape index (κ3) is 3.49. The third-order valence-corrected chi connectivity index (χ3v) is 5.94. The molecule has 9 heteroatoms. The van der Waals surface area contributed by atoms with Crippen LogP contribution >= 0.6 is 0 Å². The molecule has 0 aliphatic carbocycles. The molecule has 1 unspecified atom stereocenters. The number of nitrogens with one attached hydrogen (secondary N) is 2. The maximum atomic E-state index is 13.4. The van der Waals surface area contributed by atoms with E-state index in [1.165, 1.54) is 29.0 Å². The fourth-order valence-electron chi connectivity index (χ4n) is 3.08. The van der Waals surface area contributed by atoms with Crippen molar-refractivity contribution >= 4 is 21.6 Å². The number of benzene rings is 1. The summed E-state index contributed by atoms with van der Waals surface area (Å²) in [6.07, 6.45) is 3.75. The zero-order valence-corrected chi connectivity index (χ0v) is 15.3. The Balaban J connectivity index is 1.99. The molecule has 1 aromatic carbocycles. The van der Waals surface area contributed by atoms with Gasteiger partial charge in [-0.05, 0) is 31.0 Å². The van der Waals surface area contributed by atoms with Crippen molar-refractivity contribution < 1.29 is 17.6 Å². The van der Waals surface area contributed by atoms with Crippen LogP contribution in [0.2, 0.25) is 0 Å². The first kappa shape index (κ1) is 18.8. The number of sulfonamides is 1. The molecule has 1 aromatic heterocycles. The zero-order valence-electron chi connectivity index (χ0n) is 14.5. The van der Waals surface area contributed by atoms with Crippen molar-refractivity contribution in [3.05, 3.63) is 59.7 Å². The summed E-state index contributed by atoms with van der Waals surface area (Å²) in [7, 11) is -2.20. The highest BCUT2D eigenvalue weighted by Crippen LogP contribution is 2.28. The minimum atomic E-state index is -3.78. The minimum Gasteiger partial charge on any atom is -0.345 e. The quantitative estimate of drug-likeness (QED) is 0.786. The van der Waals surface area contributed by atoms with Crippen molar-refractivity contribution in [1.82, 2.24) is 9.29 Å². The van der Waals surface area contributed by atoms with Crippen LogP contribution in [-0.4, -0.2) is 24.9 Å². The van der Waals surface area contributed by atoms with Crippen LogP contribution in [0.4, 0.5) is 10.1 Å². The number of halogens is 1. The molecule has 2 aromatic rings. The lowest BCUT2D eigenvalue weighted by Gasteiger charge is -2.11. The van der Waals surface area contributed by atoms with E-state index in [1.807, 2.05) is 0 Å². The summed E-state index contributed by atoms with van der Waals surface area (Å²) >= 11 is 0. The predicted molar refractivity (Wildman–Crippen MR) is 97.1 cm³/mol. The highest BCUT2D eigenvalue weighted by Gasteiger charge is 2.32. The lowest BCUT2D eigenvalue weighted by atomic mass is 10.1. The average molecular weight is 388 g/mol. The van der Waals surface area contributed by atoms with Gasteiger partial charge < -0.3 is 9.88 Å². The summed E-state index contributed by atoms with van der Waals surface area (Å²) in [6, 6.07) is 4.93. The van der Waals surface area contributed by atoms with Gasteiger partial charge >= 0.3 is 0 Å². The summed E-state index contributed by atoms with van der Waals surface area (Å²) in [5, 5.41) is 11.5. The van der Waals surface area contributed by atoms with E-state index in [-0.39, 0.29) is 21.8 Å². The van der Waals surface area contributed by atoms with Crippen molar-refractivity contribution in [3.8, 4) is 6.07 Å². The maximum Gasteiger partial charge on any atom is 0.272 e. The van der Waals surface area contributed by atoms with E-state index < -0.39 is 27.8 Å². The largest absolute Gasteiger partial charge is 0.345 e. The molecule has 0 radical (unpaired) electrons. The van der Waals surface area contributed by atoms with Crippen LogP contribution in [0, 0.1) is 17.1 Å². The molecule has 7 nitrogen and oxygen atoms in total. The van der Waals surface area contributed by atoms with Gasteiger partial charge in [0, 0.05) is 30.5 Å². The Morgan fingerprint density at radius 1 is 1.52 bits per heavy atom. The first-order valence-corrected chi connectivity index (χ1v) is 9.59. The smallest absolute Gasteiger partial charge is 0.272 e. The molecule has 1 aliphatic rings. The van der Waals surface area contributed by atoms with E-state index in [1.54, 1.807) is 13.1 Å². The van der Waals surface area contributed by atoms with Gasteiger partial charge in [-0.3, -0.25) is 4.79 Å². The second-order valence-electron chi connectivity index (χ2n) is 6.19. The number of anilines is 1. The number of aromatic nitrogens is 1. The predicted octanol–water partition coefficient (Wildman–Crippen LogP) is 2.07. The standard InChI is InChI=1S/C18H17FN4O3S/c1-3-12-4-6-14-16(27(25,26)22-12)10-23(2)17(14)18(24)21-13-5-7-15(19)11(8-13)9-20/h3,5,7-8,10,12,22H,1,4,6H2,2H3,(H,21,24). The summed E-state index contributed by atoms with van der Waals surface area (Å²) in [4.78, 5) is 12.8. The number of aryl methyl sites for hydroxylation is 1. The van der Waals surface area contributed by atoms with Gasteiger partial charge in [0.25, 0.3) is 5.91 Å².